The fourth-order valence-electron chi connectivity index (χ4n) is 10.9. The Balaban J connectivity index is 1.09. The molecule has 288 valence electrons. The first kappa shape index (κ1) is 36.1. The maximum absolute atomic E-state index is 2.55. The van der Waals surface area contributed by atoms with Crippen molar-refractivity contribution in [2.24, 2.45) is 5.92 Å². The van der Waals surface area contributed by atoms with E-state index in [-0.39, 0.29) is 0 Å². The van der Waals surface area contributed by atoms with Crippen LogP contribution in [0, 0.1) is 5.92 Å². The Bertz CT molecular complexity index is 3120. The molecule has 0 fully saturated rings. The molecule has 0 N–H and O–H groups in total. The van der Waals surface area contributed by atoms with Crippen LogP contribution in [0.4, 0.5) is 0 Å². The lowest BCUT2D eigenvalue weighted by Crippen LogP contribution is -2.33. The molecule has 5 aromatic carbocycles. The number of rotatable bonds is 6. The number of fused-ring (bicyclic) bond motifs is 6. The van der Waals surface area contributed by atoms with E-state index in [4.69, 9.17) is 0 Å². The van der Waals surface area contributed by atoms with Gasteiger partial charge in [-0.3, -0.25) is 0 Å². The first-order valence-corrected chi connectivity index (χ1v) is 22.3. The highest BCUT2D eigenvalue weighted by molar-refractivity contribution is 6.09. The van der Waals surface area contributed by atoms with Gasteiger partial charge in [-0.25, -0.2) is 0 Å². The van der Waals surface area contributed by atoms with Gasteiger partial charge < -0.3 is 0 Å². The zero-order valence-electron chi connectivity index (χ0n) is 34.5. The van der Waals surface area contributed by atoms with Crippen LogP contribution >= 0.6 is 0 Å². The molecule has 0 saturated carbocycles. The third kappa shape index (κ3) is 6.27. The van der Waals surface area contributed by atoms with Gasteiger partial charge in [0.25, 0.3) is 0 Å². The van der Waals surface area contributed by atoms with Crippen molar-refractivity contribution in [2.75, 3.05) is 0 Å². The summed E-state index contributed by atoms with van der Waals surface area (Å²) in [7, 11) is 0. The van der Waals surface area contributed by atoms with Gasteiger partial charge in [-0.05, 0) is 161 Å². The van der Waals surface area contributed by atoms with E-state index < -0.39 is 0 Å². The first-order chi connectivity index (χ1) is 29.1. The smallest absolute Gasteiger partial charge is 0.00622 e. The summed E-state index contributed by atoms with van der Waals surface area (Å²) in [4.78, 5) is 0. The third-order valence-electron chi connectivity index (χ3n) is 13.8. The van der Waals surface area contributed by atoms with Crippen LogP contribution in [0.15, 0.2) is 145 Å². The summed E-state index contributed by atoms with van der Waals surface area (Å²) in [6.07, 6.45) is 46.9. The Hall–Kier alpha value is -5.98. The Morgan fingerprint density at radius 1 is 0.559 bits per heavy atom. The van der Waals surface area contributed by atoms with E-state index in [0.717, 1.165) is 51.4 Å². The molecule has 59 heavy (non-hydrogen) atoms. The molecule has 6 aliphatic carbocycles. The molecule has 0 aromatic heterocycles. The maximum Gasteiger partial charge on any atom is 0.00622 e. The minimum Gasteiger partial charge on any atom is -0.0836 e. The van der Waals surface area contributed by atoms with E-state index in [1.807, 2.05) is 0 Å². The van der Waals surface area contributed by atoms with Crippen molar-refractivity contribution < 1.29 is 0 Å². The highest BCUT2D eigenvalue weighted by atomic mass is 14.3. The van der Waals surface area contributed by atoms with Gasteiger partial charge in [0.2, 0.25) is 0 Å². The molecule has 0 saturated heterocycles. The van der Waals surface area contributed by atoms with E-state index >= 15 is 0 Å². The van der Waals surface area contributed by atoms with E-state index in [1.54, 1.807) is 0 Å². The van der Waals surface area contributed by atoms with Crippen LogP contribution in [0.5, 0.6) is 0 Å². The minimum atomic E-state index is 0.384. The minimum absolute atomic E-state index is 0.384. The molecule has 11 rings (SSSR count). The van der Waals surface area contributed by atoms with Gasteiger partial charge in [0.1, 0.15) is 0 Å². The number of benzene rings is 5. The van der Waals surface area contributed by atoms with E-state index in [2.05, 4.69) is 178 Å². The normalized spacial score (nSPS) is 20.3. The van der Waals surface area contributed by atoms with Crippen molar-refractivity contribution in [3.05, 3.63) is 194 Å². The molecule has 0 bridgehead atoms. The molecule has 2 atom stereocenters. The second-order valence-corrected chi connectivity index (χ2v) is 17.7. The van der Waals surface area contributed by atoms with Crippen LogP contribution in [0.2, 0.25) is 0 Å². The van der Waals surface area contributed by atoms with E-state index in [0.29, 0.717) is 17.8 Å². The summed E-state index contributed by atoms with van der Waals surface area (Å²) in [5.74, 6) is 1.31. The standard InChI is InChI=1S/C59H52/c1-38(2)46-36-55(39-16-5-3-6-17-39)58(56(37-46)40-18-7-4-8-19-40)42-30-28-41(29-31-42)57-50-22-11-13-24-52(50)59(53-25-14-12-23-51(53)57)49-27-15-26-47-48(49)33-32-45-34-43-20-9-10-21-44(43)35-54(45)47/h3,5-7,9-11,13,15-16,18-20,22-28,30,32-39,44H,4,8,12,14,17,21,29,31H2,1-2H3. The van der Waals surface area contributed by atoms with Crippen LogP contribution < -0.4 is 20.9 Å². The van der Waals surface area contributed by atoms with Gasteiger partial charge in [0, 0.05) is 11.8 Å². The third-order valence-corrected chi connectivity index (χ3v) is 13.8. The number of hydrogen-bond acceptors (Lipinski definition) is 0. The van der Waals surface area contributed by atoms with Crippen molar-refractivity contribution in [3.8, 4) is 11.1 Å². The Morgan fingerprint density at radius 2 is 1.31 bits per heavy atom. The zero-order chi connectivity index (χ0) is 39.5. The maximum atomic E-state index is 2.55. The van der Waals surface area contributed by atoms with Crippen LogP contribution in [-0.4, -0.2) is 0 Å². The van der Waals surface area contributed by atoms with Gasteiger partial charge in [-0.2, -0.15) is 0 Å². The van der Waals surface area contributed by atoms with Gasteiger partial charge in [-0.1, -0.05) is 178 Å². The molecule has 0 heterocycles. The number of allylic oxidation sites excluding steroid dienone is 16. The molecule has 0 heteroatoms. The molecule has 0 nitrogen and oxygen atoms in total. The predicted molar refractivity (Wildman–Crippen MR) is 256 cm³/mol. The highest BCUT2D eigenvalue weighted by Gasteiger charge is 2.26. The van der Waals surface area contributed by atoms with Gasteiger partial charge in [0.15, 0.2) is 0 Å². The SMILES string of the molecule is CC(C)c1cc(C2=CCCC=C2)c(C2=CC=C(c3c4c(c(-c5cccc6c7c(ccc56)=CC5=CC=CCC5C=7)c5ccccc35)=CCCC=4)CC2)c(C2C=CC=CC2)c1. The summed E-state index contributed by atoms with van der Waals surface area (Å²) >= 11 is 0. The molecule has 0 spiro atoms. The fourth-order valence-corrected chi connectivity index (χ4v) is 10.9. The first-order valence-electron chi connectivity index (χ1n) is 22.3. The Kier molecular flexibility index (Phi) is 9.18. The molecular weight excluding hydrogens is 709 g/mol. The lowest BCUT2D eigenvalue weighted by atomic mass is 9.76. The average molecular weight is 761 g/mol. The quantitative estimate of drug-likeness (QED) is 0.162. The lowest BCUT2D eigenvalue weighted by Gasteiger charge is -2.28. The summed E-state index contributed by atoms with van der Waals surface area (Å²) in [5, 5.41) is 11.0. The summed E-state index contributed by atoms with van der Waals surface area (Å²) in [6.45, 7) is 4.69. The number of hydrogen-bond donors (Lipinski definition) is 0. The molecule has 0 aliphatic heterocycles. The van der Waals surface area contributed by atoms with E-state index in [9.17, 15) is 0 Å². The largest absolute Gasteiger partial charge is 0.0836 e. The topological polar surface area (TPSA) is 0 Å². The average Bonchev–Trinajstić information content (AvgIpc) is 3.30. The van der Waals surface area contributed by atoms with Crippen LogP contribution in [0.3, 0.4) is 0 Å². The summed E-state index contributed by atoms with van der Waals surface area (Å²) < 4.78 is 0. The fraction of sp³-hybridized carbons (Fsp3) is 0.220. The molecule has 0 amide bonds. The molecule has 2 unspecified atom stereocenters. The molecule has 5 aromatic rings. The second-order valence-electron chi connectivity index (χ2n) is 17.7. The molecular formula is C59H52. The highest BCUT2D eigenvalue weighted by Crippen LogP contribution is 2.44. The van der Waals surface area contributed by atoms with Crippen LogP contribution in [-0.2, 0) is 0 Å². The van der Waals surface area contributed by atoms with Gasteiger partial charge >= 0.3 is 0 Å². The molecule has 6 aliphatic rings. The molecule has 0 radical (unpaired) electrons. The van der Waals surface area contributed by atoms with Crippen molar-refractivity contribution in [1.29, 1.82) is 0 Å². The second kappa shape index (κ2) is 15.0. The van der Waals surface area contributed by atoms with Gasteiger partial charge in [0.05, 0.1) is 0 Å². The monoisotopic (exact) mass is 760 g/mol. The van der Waals surface area contributed by atoms with E-state index in [1.165, 1.54) is 104 Å². The lowest BCUT2D eigenvalue weighted by molar-refractivity contribution is 0.823. The Morgan fingerprint density at radius 3 is 2.07 bits per heavy atom. The van der Waals surface area contributed by atoms with Crippen LogP contribution in [0.25, 0.3) is 73.7 Å². The summed E-state index contributed by atoms with van der Waals surface area (Å²) in [6, 6.07) is 26.1. The Labute approximate surface area is 349 Å². The van der Waals surface area contributed by atoms with Crippen molar-refractivity contribution in [3.63, 3.8) is 0 Å². The summed E-state index contributed by atoms with van der Waals surface area (Å²) in [5.41, 5.74) is 15.7. The van der Waals surface area contributed by atoms with Crippen LogP contribution in [0.1, 0.15) is 105 Å². The zero-order valence-corrected chi connectivity index (χ0v) is 34.5. The van der Waals surface area contributed by atoms with Crippen molar-refractivity contribution in [2.45, 2.75) is 77.0 Å². The predicted octanol–water partition coefficient (Wildman–Crippen LogP) is 12.8. The van der Waals surface area contributed by atoms with Crippen molar-refractivity contribution >= 4 is 62.6 Å². The van der Waals surface area contributed by atoms with Crippen molar-refractivity contribution in [1.82, 2.24) is 0 Å². The van der Waals surface area contributed by atoms with Gasteiger partial charge in [-0.15, -0.1) is 0 Å².